The van der Waals surface area contributed by atoms with Gasteiger partial charge in [-0.1, -0.05) is 29.8 Å². The van der Waals surface area contributed by atoms with E-state index in [0.717, 1.165) is 37.1 Å². The molecule has 1 aromatic heterocycles. The quantitative estimate of drug-likeness (QED) is 0.614. The summed E-state index contributed by atoms with van der Waals surface area (Å²) >= 11 is 7.64. The van der Waals surface area contributed by atoms with E-state index in [-0.39, 0.29) is 11.9 Å². The molecule has 32 heavy (non-hydrogen) atoms. The van der Waals surface area contributed by atoms with Crippen molar-refractivity contribution in [2.24, 2.45) is 0 Å². The van der Waals surface area contributed by atoms with Gasteiger partial charge in [-0.2, -0.15) is 4.31 Å². The fourth-order valence-electron chi connectivity index (χ4n) is 4.28. The number of piperazine rings is 2. The molecule has 0 aliphatic carbocycles. The molecule has 2 fully saturated rings. The lowest BCUT2D eigenvalue weighted by atomic mass is 10.2. The number of carbonyl (C=O) groups is 1. The highest BCUT2D eigenvalue weighted by Crippen LogP contribution is 2.23. The first kappa shape index (κ1) is 23.7. The Balaban J connectivity index is 1.26. The van der Waals surface area contributed by atoms with Crippen molar-refractivity contribution in [3.63, 3.8) is 0 Å². The Labute approximate surface area is 199 Å². The van der Waals surface area contributed by atoms with Gasteiger partial charge in [0.15, 0.2) is 0 Å². The van der Waals surface area contributed by atoms with Gasteiger partial charge in [0.25, 0.3) is 0 Å². The van der Waals surface area contributed by atoms with Crippen LogP contribution in [0.15, 0.2) is 47.4 Å². The average molecular weight is 497 g/mol. The molecule has 0 saturated carbocycles. The van der Waals surface area contributed by atoms with E-state index in [1.54, 1.807) is 41.7 Å². The van der Waals surface area contributed by atoms with Gasteiger partial charge in [0.2, 0.25) is 15.9 Å². The fourth-order valence-corrected chi connectivity index (χ4v) is 6.85. The summed E-state index contributed by atoms with van der Waals surface area (Å²) in [5, 5.41) is 0. The molecule has 1 unspecified atom stereocenters. The van der Waals surface area contributed by atoms with Gasteiger partial charge in [-0.25, -0.2) is 8.42 Å². The minimum Gasteiger partial charge on any atom is -0.339 e. The van der Waals surface area contributed by atoms with Crippen molar-refractivity contribution in [1.29, 1.82) is 0 Å². The molecular formula is C22H29ClN4O3S2. The SMILES string of the molecule is CC(C(=O)N1CCN(S(=O)(=O)c2ccccc2)CC1)N1CCN(Cc2ccc(Cl)s2)CC1. The normalized spacial score (nSPS) is 20.4. The van der Waals surface area contributed by atoms with E-state index in [9.17, 15) is 13.2 Å². The molecule has 1 aromatic carbocycles. The van der Waals surface area contributed by atoms with Crippen molar-refractivity contribution < 1.29 is 13.2 Å². The molecule has 2 aliphatic heterocycles. The van der Waals surface area contributed by atoms with Crippen LogP contribution in [0.25, 0.3) is 0 Å². The molecule has 4 rings (SSSR count). The maximum Gasteiger partial charge on any atom is 0.243 e. The van der Waals surface area contributed by atoms with Crippen LogP contribution in [-0.2, 0) is 21.4 Å². The zero-order valence-electron chi connectivity index (χ0n) is 18.2. The van der Waals surface area contributed by atoms with Crippen LogP contribution in [-0.4, -0.2) is 91.7 Å². The van der Waals surface area contributed by atoms with Crippen molar-refractivity contribution in [3.05, 3.63) is 51.7 Å². The molecule has 2 saturated heterocycles. The number of nitrogens with zero attached hydrogens (tertiary/aromatic N) is 4. The van der Waals surface area contributed by atoms with Crippen molar-refractivity contribution in [1.82, 2.24) is 19.0 Å². The number of hydrogen-bond acceptors (Lipinski definition) is 6. The maximum absolute atomic E-state index is 13.1. The molecule has 1 atom stereocenters. The van der Waals surface area contributed by atoms with Gasteiger partial charge in [0.05, 0.1) is 15.3 Å². The number of hydrogen-bond donors (Lipinski definition) is 0. The lowest BCUT2D eigenvalue weighted by molar-refractivity contribution is -0.138. The van der Waals surface area contributed by atoms with Gasteiger partial charge in [-0.3, -0.25) is 14.6 Å². The zero-order valence-corrected chi connectivity index (χ0v) is 20.6. The van der Waals surface area contributed by atoms with E-state index >= 15 is 0 Å². The number of carbonyl (C=O) groups excluding carboxylic acids is 1. The largest absolute Gasteiger partial charge is 0.339 e. The molecule has 3 heterocycles. The molecule has 0 bridgehead atoms. The van der Waals surface area contributed by atoms with E-state index in [0.29, 0.717) is 31.1 Å². The number of rotatable bonds is 6. The number of halogens is 1. The van der Waals surface area contributed by atoms with Crippen LogP contribution >= 0.6 is 22.9 Å². The zero-order chi connectivity index (χ0) is 22.7. The van der Waals surface area contributed by atoms with Gasteiger partial charge in [0, 0.05) is 63.8 Å². The highest BCUT2D eigenvalue weighted by Gasteiger charge is 2.33. The molecule has 0 spiro atoms. The molecule has 7 nitrogen and oxygen atoms in total. The van der Waals surface area contributed by atoms with Crippen molar-refractivity contribution >= 4 is 38.9 Å². The summed E-state index contributed by atoms with van der Waals surface area (Å²) in [6, 6.07) is 12.3. The minimum atomic E-state index is -3.51. The second kappa shape index (κ2) is 10.2. The summed E-state index contributed by atoms with van der Waals surface area (Å²) in [5.41, 5.74) is 0. The summed E-state index contributed by atoms with van der Waals surface area (Å²) in [4.78, 5) is 21.1. The average Bonchev–Trinajstić information content (AvgIpc) is 3.23. The van der Waals surface area contributed by atoms with Crippen LogP contribution in [0.1, 0.15) is 11.8 Å². The molecule has 0 N–H and O–H groups in total. The summed E-state index contributed by atoms with van der Waals surface area (Å²) in [7, 11) is -3.51. The highest BCUT2D eigenvalue weighted by molar-refractivity contribution is 7.89. The van der Waals surface area contributed by atoms with Gasteiger partial charge in [0.1, 0.15) is 0 Å². The highest BCUT2D eigenvalue weighted by atomic mass is 35.5. The lowest BCUT2D eigenvalue weighted by Crippen LogP contribution is -2.57. The monoisotopic (exact) mass is 496 g/mol. The molecule has 2 aromatic rings. The number of amides is 1. The van der Waals surface area contributed by atoms with E-state index in [1.165, 1.54) is 9.18 Å². The van der Waals surface area contributed by atoms with Crippen molar-refractivity contribution in [3.8, 4) is 0 Å². The topological polar surface area (TPSA) is 64.2 Å². The minimum absolute atomic E-state index is 0.0836. The molecule has 174 valence electrons. The van der Waals surface area contributed by atoms with Crippen LogP contribution in [0.5, 0.6) is 0 Å². The summed E-state index contributed by atoms with van der Waals surface area (Å²) in [5.74, 6) is 0.0836. The predicted molar refractivity (Wildman–Crippen MR) is 127 cm³/mol. The van der Waals surface area contributed by atoms with Crippen LogP contribution in [0, 0.1) is 0 Å². The lowest BCUT2D eigenvalue weighted by Gasteiger charge is -2.40. The van der Waals surface area contributed by atoms with Gasteiger partial charge in [-0.15, -0.1) is 11.3 Å². The van der Waals surface area contributed by atoms with E-state index in [1.807, 2.05) is 17.9 Å². The Kier molecular flexibility index (Phi) is 7.54. The Morgan fingerprint density at radius 3 is 2.22 bits per heavy atom. The summed E-state index contributed by atoms with van der Waals surface area (Å²) in [6.07, 6.45) is 0. The molecule has 1 amide bonds. The van der Waals surface area contributed by atoms with E-state index < -0.39 is 10.0 Å². The molecular weight excluding hydrogens is 468 g/mol. The third-order valence-corrected chi connectivity index (χ3v) is 9.38. The summed E-state index contributed by atoms with van der Waals surface area (Å²) in [6.45, 7) is 7.87. The number of benzene rings is 1. The van der Waals surface area contributed by atoms with Gasteiger partial charge in [-0.05, 0) is 31.2 Å². The Bertz CT molecular complexity index is 1010. The second-order valence-electron chi connectivity index (χ2n) is 8.24. The molecule has 0 radical (unpaired) electrons. The summed E-state index contributed by atoms with van der Waals surface area (Å²) < 4.78 is 27.9. The van der Waals surface area contributed by atoms with Crippen LogP contribution < -0.4 is 0 Å². The van der Waals surface area contributed by atoms with E-state index in [2.05, 4.69) is 15.9 Å². The Morgan fingerprint density at radius 2 is 1.62 bits per heavy atom. The Morgan fingerprint density at radius 1 is 0.969 bits per heavy atom. The van der Waals surface area contributed by atoms with Crippen LogP contribution in [0.2, 0.25) is 4.34 Å². The van der Waals surface area contributed by atoms with Crippen molar-refractivity contribution in [2.45, 2.75) is 24.4 Å². The third kappa shape index (κ3) is 5.35. The first-order valence-corrected chi connectivity index (χ1v) is 13.5. The maximum atomic E-state index is 13.1. The third-order valence-electron chi connectivity index (χ3n) is 6.25. The predicted octanol–water partition coefficient (Wildman–Crippen LogP) is 2.44. The number of sulfonamides is 1. The fraction of sp³-hybridized carbons (Fsp3) is 0.500. The van der Waals surface area contributed by atoms with Crippen molar-refractivity contribution in [2.75, 3.05) is 52.4 Å². The van der Waals surface area contributed by atoms with Gasteiger partial charge >= 0.3 is 0 Å². The van der Waals surface area contributed by atoms with E-state index in [4.69, 9.17) is 11.6 Å². The van der Waals surface area contributed by atoms with Crippen LogP contribution in [0.4, 0.5) is 0 Å². The number of thiophene rings is 1. The standard InChI is InChI=1S/C22H29ClN4O3S2/c1-18(25-11-9-24(10-12-25)17-19-7-8-21(23)31-19)22(28)26-13-15-27(16-14-26)32(29,30)20-5-3-2-4-6-20/h2-8,18H,9-17H2,1H3. The smallest absolute Gasteiger partial charge is 0.243 e. The Hall–Kier alpha value is -1.49. The molecule has 10 heteroatoms. The first-order valence-electron chi connectivity index (χ1n) is 10.9. The van der Waals surface area contributed by atoms with Gasteiger partial charge < -0.3 is 4.90 Å². The molecule has 2 aliphatic rings. The van der Waals surface area contributed by atoms with Crippen LogP contribution in [0.3, 0.4) is 0 Å². The second-order valence-corrected chi connectivity index (χ2v) is 12.0. The first-order chi connectivity index (χ1) is 15.3.